The van der Waals surface area contributed by atoms with Crippen LogP contribution in [-0.4, -0.2) is 30.4 Å². The summed E-state index contributed by atoms with van der Waals surface area (Å²) >= 11 is 0. The number of carbonyl (C=O) groups excluding carboxylic acids is 1. The summed E-state index contributed by atoms with van der Waals surface area (Å²) in [4.78, 5) is 13.9. The van der Waals surface area contributed by atoms with E-state index in [4.69, 9.17) is 0 Å². The number of benzene rings is 1. The van der Waals surface area contributed by atoms with Gasteiger partial charge < -0.3 is 10.2 Å². The number of likely N-dealkylation sites (N-methyl/N-ethyl adjacent to an activating group) is 1. The van der Waals surface area contributed by atoms with Gasteiger partial charge in [0.2, 0.25) is 5.91 Å². The first-order chi connectivity index (χ1) is 9.20. The second-order valence-corrected chi connectivity index (χ2v) is 5.32. The highest BCUT2D eigenvalue weighted by Gasteiger charge is 2.22. The quantitative estimate of drug-likeness (QED) is 0.882. The summed E-state index contributed by atoms with van der Waals surface area (Å²) in [5.41, 5.74) is 2.54. The minimum atomic E-state index is 0.243. The lowest BCUT2D eigenvalue weighted by Gasteiger charge is -2.31. The summed E-state index contributed by atoms with van der Waals surface area (Å²) < 4.78 is 0. The summed E-state index contributed by atoms with van der Waals surface area (Å²) in [5.74, 6) is 0.307. The van der Waals surface area contributed by atoms with Gasteiger partial charge in [0.05, 0.1) is 0 Å². The topological polar surface area (TPSA) is 32.3 Å². The molecule has 0 spiro atoms. The van der Waals surface area contributed by atoms with Crippen molar-refractivity contribution >= 4 is 5.91 Å². The maximum atomic E-state index is 11.9. The lowest BCUT2D eigenvalue weighted by atomic mass is 10.0. The fourth-order valence-corrected chi connectivity index (χ4v) is 2.61. The van der Waals surface area contributed by atoms with Crippen LogP contribution in [0.5, 0.6) is 0 Å². The van der Waals surface area contributed by atoms with Crippen LogP contribution in [0.1, 0.15) is 43.4 Å². The van der Waals surface area contributed by atoms with E-state index in [9.17, 15) is 4.79 Å². The van der Waals surface area contributed by atoms with Crippen LogP contribution in [0.3, 0.4) is 0 Å². The summed E-state index contributed by atoms with van der Waals surface area (Å²) in [7, 11) is 0. The van der Waals surface area contributed by atoms with Crippen molar-refractivity contribution in [2.24, 2.45) is 0 Å². The number of hydrogen-bond acceptors (Lipinski definition) is 2. The van der Waals surface area contributed by atoms with Gasteiger partial charge in [0.25, 0.3) is 0 Å². The molecule has 104 valence electrons. The Hall–Kier alpha value is -1.35. The second kappa shape index (κ2) is 6.71. The van der Waals surface area contributed by atoms with Crippen LogP contribution in [0.25, 0.3) is 0 Å². The van der Waals surface area contributed by atoms with Gasteiger partial charge in [-0.2, -0.15) is 0 Å². The molecule has 3 heteroatoms. The number of amides is 1. The van der Waals surface area contributed by atoms with Gasteiger partial charge >= 0.3 is 0 Å². The van der Waals surface area contributed by atoms with E-state index in [1.807, 2.05) is 4.90 Å². The molecule has 1 atom stereocenters. The predicted molar refractivity (Wildman–Crippen MR) is 78.0 cm³/mol. The SMILES string of the molecule is CCNC(CN1CCCCC1=O)c1ccc(C)cc1. The van der Waals surface area contributed by atoms with Crippen molar-refractivity contribution in [3.63, 3.8) is 0 Å². The number of nitrogens with one attached hydrogen (secondary N) is 1. The Balaban J connectivity index is 2.06. The molecule has 19 heavy (non-hydrogen) atoms. The summed E-state index contributed by atoms with van der Waals surface area (Å²) in [6, 6.07) is 8.84. The van der Waals surface area contributed by atoms with Crippen LogP contribution in [-0.2, 0) is 4.79 Å². The largest absolute Gasteiger partial charge is 0.341 e. The number of carbonyl (C=O) groups is 1. The van der Waals surface area contributed by atoms with E-state index < -0.39 is 0 Å². The van der Waals surface area contributed by atoms with Gasteiger partial charge in [0.15, 0.2) is 0 Å². The van der Waals surface area contributed by atoms with E-state index in [1.165, 1.54) is 11.1 Å². The molecule has 1 unspecified atom stereocenters. The van der Waals surface area contributed by atoms with E-state index in [0.29, 0.717) is 12.3 Å². The molecule has 1 aromatic rings. The van der Waals surface area contributed by atoms with Crippen molar-refractivity contribution in [3.8, 4) is 0 Å². The normalized spacial score (nSPS) is 17.6. The van der Waals surface area contributed by atoms with Crippen molar-refractivity contribution in [1.29, 1.82) is 0 Å². The molecule has 2 rings (SSSR count). The Morgan fingerprint density at radius 2 is 2.00 bits per heavy atom. The number of nitrogens with zero attached hydrogens (tertiary/aromatic N) is 1. The molecule has 1 saturated heterocycles. The highest BCUT2D eigenvalue weighted by atomic mass is 16.2. The average molecular weight is 260 g/mol. The Morgan fingerprint density at radius 1 is 1.26 bits per heavy atom. The molecular formula is C16H24N2O. The number of piperidine rings is 1. The Kier molecular flexibility index (Phi) is 4.97. The third-order valence-corrected chi connectivity index (χ3v) is 3.75. The molecule has 0 saturated carbocycles. The van der Waals surface area contributed by atoms with Gasteiger partial charge in [0.1, 0.15) is 0 Å². The molecule has 3 nitrogen and oxygen atoms in total. The zero-order valence-corrected chi connectivity index (χ0v) is 12.0. The molecule has 0 radical (unpaired) electrons. The van der Waals surface area contributed by atoms with Crippen molar-refractivity contribution in [2.75, 3.05) is 19.6 Å². The zero-order chi connectivity index (χ0) is 13.7. The zero-order valence-electron chi connectivity index (χ0n) is 12.0. The molecular weight excluding hydrogens is 236 g/mol. The Labute approximate surface area is 116 Å². The van der Waals surface area contributed by atoms with Crippen molar-refractivity contribution in [2.45, 2.75) is 39.2 Å². The van der Waals surface area contributed by atoms with Gasteiger partial charge in [-0.1, -0.05) is 36.8 Å². The monoisotopic (exact) mass is 260 g/mol. The first kappa shape index (κ1) is 14.1. The van der Waals surface area contributed by atoms with Crippen LogP contribution in [0.15, 0.2) is 24.3 Å². The summed E-state index contributed by atoms with van der Waals surface area (Å²) in [6.45, 7) is 6.82. The lowest BCUT2D eigenvalue weighted by Crippen LogP contribution is -2.41. The maximum Gasteiger partial charge on any atom is 0.222 e. The number of aryl methyl sites for hydroxylation is 1. The predicted octanol–water partition coefficient (Wildman–Crippen LogP) is 2.66. The van der Waals surface area contributed by atoms with Gasteiger partial charge in [-0.15, -0.1) is 0 Å². The van der Waals surface area contributed by atoms with E-state index >= 15 is 0 Å². The number of likely N-dealkylation sites (tertiary alicyclic amines) is 1. The molecule has 0 aliphatic carbocycles. The fourth-order valence-electron chi connectivity index (χ4n) is 2.61. The van der Waals surface area contributed by atoms with E-state index in [0.717, 1.165) is 32.5 Å². The molecule has 1 fully saturated rings. The van der Waals surface area contributed by atoms with Crippen LogP contribution in [0.4, 0.5) is 0 Å². The lowest BCUT2D eigenvalue weighted by molar-refractivity contribution is -0.133. The first-order valence-corrected chi connectivity index (χ1v) is 7.28. The highest BCUT2D eigenvalue weighted by molar-refractivity contribution is 5.76. The van der Waals surface area contributed by atoms with E-state index in [2.05, 4.69) is 43.4 Å². The Bertz CT molecular complexity index is 413. The second-order valence-electron chi connectivity index (χ2n) is 5.32. The molecule has 1 heterocycles. The smallest absolute Gasteiger partial charge is 0.222 e. The van der Waals surface area contributed by atoms with Crippen molar-refractivity contribution in [3.05, 3.63) is 35.4 Å². The molecule has 0 bridgehead atoms. The highest BCUT2D eigenvalue weighted by Crippen LogP contribution is 2.18. The first-order valence-electron chi connectivity index (χ1n) is 7.28. The average Bonchev–Trinajstić information content (AvgIpc) is 2.42. The standard InChI is InChI=1S/C16H24N2O/c1-3-17-15(14-9-7-13(2)8-10-14)12-18-11-5-4-6-16(18)19/h7-10,15,17H,3-6,11-12H2,1-2H3. The van der Waals surface area contributed by atoms with E-state index in [-0.39, 0.29) is 6.04 Å². The van der Waals surface area contributed by atoms with Crippen LogP contribution >= 0.6 is 0 Å². The Morgan fingerprint density at radius 3 is 2.63 bits per heavy atom. The van der Waals surface area contributed by atoms with Gasteiger partial charge in [-0.05, 0) is 31.9 Å². The third-order valence-electron chi connectivity index (χ3n) is 3.75. The minimum Gasteiger partial charge on any atom is -0.341 e. The molecule has 0 aromatic heterocycles. The van der Waals surface area contributed by atoms with Crippen LogP contribution in [0, 0.1) is 6.92 Å². The van der Waals surface area contributed by atoms with Crippen molar-refractivity contribution < 1.29 is 4.79 Å². The van der Waals surface area contributed by atoms with Crippen LogP contribution in [0.2, 0.25) is 0 Å². The summed E-state index contributed by atoms with van der Waals surface area (Å²) in [6.07, 6.45) is 2.90. The third kappa shape index (κ3) is 3.80. The number of hydrogen-bond donors (Lipinski definition) is 1. The fraction of sp³-hybridized carbons (Fsp3) is 0.562. The van der Waals surface area contributed by atoms with Gasteiger partial charge in [0, 0.05) is 25.6 Å². The molecule has 1 aromatic carbocycles. The molecule has 1 aliphatic rings. The number of rotatable bonds is 5. The molecule has 1 N–H and O–H groups in total. The van der Waals surface area contributed by atoms with E-state index in [1.54, 1.807) is 0 Å². The molecule has 1 amide bonds. The summed E-state index contributed by atoms with van der Waals surface area (Å²) in [5, 5.41) is 3.49. The van der Waals surface area contributed by atoms with Crippen LogP contribution < -0.4 is 5.32 Å². The van der Waals surface area contributed by atoms with Gasteiger partial charge in [-0.3, -0.25) is 4.79 Å². The maximum absolute atomic E-state index is 11.9. The molecule has 1 aliphatic heterocycles. The van der Waals surface area contributed by atoms with Gasteiger partial charge in [-0.25, -0.2) is 0 Å². The van der Waals surface area contributed by atoms with Crippen molar-refractivity contribution in [1.82, 2.24) is 10.2 Å². The minimum absolute atomic E-state index is 0.243.